The summed E-state index contributed by atoms with van der Waals surface area (Å²) in [5.74, 6) is -13.7. The Morgan fingerprint density at radius 1 is 0.466 bits per heavy atom. The first-order valence-corrected chi connectivity index (χ1v) is 27.4. The lowest BCUT2D eigenvalue weighted by molar-refractivity contribution is -0.391. The molecule has 6 saturated heterocycles. The number of carboxylic acids is 2. The minimum absolute atomic E-state index is 0.854. The Hall–Kier alpha value is -3.85. The van der Waals surface area contributed by atoms with Crippen LogP contribution in [0.25, 0.3) is 0 Å². The summed E-state index contributed by atoms with van der Waals surface area (Å²) in [5.41, 5.74) is 0. The second kappa shape index (κ2) is 30.7. The largest absolute Gasteiger partial charge is 0.477 e. The highest BCUT2D eigenvalue weighted by atomic mass is 16.8. The maximum absolute atomic E-state index is 13.3. The van der Waals surface area contributed by atoms with Gasteiger partial charge in [0, 0.05) is 33.6 Å². The molecule has 508 valence electrons. The first-order chi connectivity index (χ1) is 41.2. The van der Waals surface area contributed by atoms with E-state index in [9.17, 15) is 131 Å². The van der Waals surface area contributed by atoms with Crippen LogP contribution < -0.4 is 16.0 Å². The number of hydrogen-bond acceptors (Lipinski definition) is 35. The zero-order valence-electron chi connectivity index (χ0n) is 46.9. The predicted octanol–water partition coefficient (Wildman–Crippen LogP) is -15.3. The molecule has 0 aromatic heterocycles. The van der Waals surface area contributed by atoms with Gasteiger partial charge in [-0.3, -0.25) is 14.4 Å². The number of aliphatic hydroxyl groups excluding tert-OH is 19. The minimum Gasteiger partial charge on any atom is -0.477 e. The van der Waals surface area contributed by atoms with Crippen molar-refractivity contribution in [2.24, 2.45) is 0 Å². The van der Waals surface area contributed by atoms with Gasteiger partial charge in [0.1, 0.15) is 134 Å². The number of ether oxygens (including phenoxy) is 11. The van der Waals surface area contributed by atoms with Gasteiger partial charge in [-0.15, -0.1) is 0 Å². The molecular weight excluding hydrogens is 1210 g/mol. The Morgan fingerprint density at radius 2 is 0.864 bits per heavy atom. The first-order valence-electron chi connectivity index (χ1n) is 27.4. The van der Waals surface area contributed by atoms with E-state index in [-0.39, 0.29) is 0 Å². The number of carbonyl (C=O) groups excluding carboxylic acids is 3. The second-order valence-corrected chi connectivity index (χ2v) is 21.9. The number of aliphatic carboxylic acids is 2. The monoisotopic (exact) mass is 1290 g/mol. The molecule has 6 aliphatic heterocycles. The minimum atomic E-state index is -3.34. The van der Waals surface area contributed by atoms with Gasteiger partial charge in [0.15, 0.2) is 25.2 Å². The van der Waals surface area contributed by atoms with E-state index in [2.05, 4.69) is 16.0 Å². The summed E-state index contributed by atoms with van der Waals surface area (Å²) in [6.45, 7) is -4.43. The van der Waals surface area contributed by atoms with Crippen LogP contribution in [0.15, 0.2) is 0 Å². The summed E-state index contributed by atoms with van der Waals surface area (Å²) in [5, 5.41) is 234. The van der Waals surface area contributed by atoms with E-state index >= 15 is 0 Å². The molecule has 40 heteroatoms. The highest BCUT2D eigenvalue weighted by Gasteiger charge is 2.63. The fraction of sp³-hybridized carbons (Fsp3) is 0.896. The fourth-order valence-corrected chi connectivity index (χ4v) is 11.0. The van der Waals surface area contributed by atoms with Crippen LogP contribution in [0.1, 0.15) is 33.6 Å². The van der Waals surface area contributed by atoms with E-state index in [0.717, 1.165) is 20.8 Å². The summed E-state index contributed by atoms with van der Waals surface area (Å²) >= 11 is 0. The third kappa shape index (κ3) is 15.8. The van der Waals surface area contributed by atoms with Gasteiger partial charge in [-0.25, -0.2) is 9.59 Å². The fourth-order valence-electron chi connectivity index (χ4n) is 11.0. The molecule has 40 nitrogen and oxygen atoms in total. The van der Waals surface area contributed by atoms with Crippen molar-refractivity contribution in [3.05, 3.63) is 0 Å². The molecule has 0 bridgehead atoms. The van der Waals surface area contributed by atoms with Crippen LogP contribution in [0, 0.1) is 0 Å². The van der Waals surface area contributed by atoms with Crippen molar-refractivity contribution in [3.63, 3.8) is 0 Å². The van der Waals surface area contributed by atoms with Crippen molar-refractivity contribution < 1.29 is 183 Å². The molecule has 3 amide bonds. The van der Waals surface area contributed by atoms with Crippen LogP contribution in [0.4, 0.5) is 0 Å². The Labute approximate surface area is 496 Å². The summed E-state index contributed by atoms with van der Waals surface area (Å²) in [7, 11) is 0. The average molecular weight is 1290 g/mol. The number of hydrogen-bond donors (Lipinski definition) is 24. The van der Waals surface area contributed by atoms with Crippen molar-refractivity contribution in [1.29, 1.82) is 0 Å². The molecule has 6 fully saturated rings. The Morgan fingerprint density at radius 3 is 1.32 bits per heavy atom. The average Bonchev–Trinajstić information content (AvgIpc) is 0.809. The van der Waals surface area contributed by atoms with Gasteiger partial charge in [0.2, 0.25) is 17.7 Å². The normalized spacial score (nSPS) is 44.6. The topological polar surface area (TPSA) is 648 Å². The van der Waals surface area contributed by atoms with E-state index in [1.165, 1.54) is 0 Å². The molecule has 6 heterocycles. The van der Waals surface area contributed by atoms with E-state index in [1.54, 1.807) is 0 Å². The van der Waals surface area contributed by atoms with Gasteiger partial charge >= 0.3 is 11.9 Å². The number of nitrogens with one attached hydrogen (secondary N) is 3. The van der Waals surface area contributed by atoms with Gasteiger partial charge in [0.25, 0.3) is 11.6 Å². The zero-order chi connectivity index (χ0) is 65.8. The van der Waals surface area contributed by atoms with E-state index in [4.69, 9.17) is 52.1 Å². The lowest BCUT2D eigenvalue weighted by Crippen LogP contribution is -2.72. The Bertz CT molecular complexity index is 2320. The molecule has 0 aromatic rings. The highest BCUT2D eigenvalue weighted by Crippen LogP contribution is 2.41. The van der Waals surface area contributed by atoms with Crippen molar-refractivity contribution in [2.45, 2.75) is 229 Å². The molecule has 0 radical (unpaired) electrons. The number of rotatable bonds is 25. The molecule has 0 saturated carbocycles. The lowest BCUT2D eigenvalue weighted by Gasteiger charge is -2.52. The molecule has 32 atom stereocenters. The second-order valence-electron chi connectivity index (χ2n) is 21.9. The predicted molar refractivity (Wildman–Crippen MR) is 268 cm³/mol. The quantitative estimate of drug-likeness (QED) is 0.0404. The van der Waals surface area contributed by atoms with Crippen LogP contribution in [0.5, 0.6) is 0 Å². The smallest absolute Gasteiger partial charge is 0.364 e. The molecule has 6 aliphatic rings. The maximum atomic E-state index is 13.3. The molecule has 0 spiro atoms. The first kappa shape index (κ1) is 73.2. The molecule has 0 aliphatic carbocycles. The highest BCUT2D eigenvalue weighted by molar-refractivity contribution is 5.77. The van der Waals surface area contributed by atoms with E-state index < -0.39 is 277 Å². The molecule has 24 N–H and O–H groups in total. The number of amides is 3. The SMILES string of the molecule is CC(=O)N[C@H]1[C@H](O[C@H]2[C@@H](O)[C@@H](CO)O[C@@H](O[C@@H]3[C@H](O)[C@@H](O)C(O)O[C@@H]3CO)[C@@H]2O)O[C@H](CO[C@]2(C(=O)O)C[C@H](O)[C@@H](NC(C)=O)[C@H]([C@H](O)[C@H](O)CO)O2)[C@@H](O)[C@@H]1O[C@@H]1O[C@H](CO)[C@H](O)[C@H](O[C@]2(C(=O)O)C[C@H](O)[C@@H](NC(C)=O)[C@H]([C@H](O)[C@H](O)CO)O2)[C@H]1O. The third-order valence-electron chi connectivity index (χ3n) is 15.6. The Balaban J connectivity index is 1.43. The van der Waals surface area contributed by atoms with Gasteiger partial charge in [0.05, 0.1) is 63.9 Å². The number of carboxylic acid groups (broad SMARTS) is 2. The molecular formula is C48H79N3O37. The van der Waals surface area contributed by atoms with Gasteiger partial charge in [-0.05, 0) is 0 Å². The summed E-state index contributed by atoms with van der Waals surface area (Å²) < 4.78 is 63.1. The van der Waals surface area contributed by atoms with E-state index in [1.807, 2.05) is 0 Å². The van der Waals surface area contributed by atoms with E-state index in [0.29, 0.717) is 0 Å². The summed E-state index contributed by atoms with van der Waals surface area (Å²) in [6.07, 6.45) is -62.1. The van der Waals surface area contributed by atoms with Crippen LogP contribution in [0.2, 0.25) is 0 Å². The van der Waals surface area contributed by atoms with Gasteiger partial charge in [-0.1, -0.05) is 0 Å². The molecule has 88 heavy (non-hydrogen) atoms. The van der Waals surface area contributed by atoms with Crippen molar-refractivity contribution >= 4 is 29.7 Å². The standard InChI is InChI=1S/C48H79N3O37/c1-12(57)49-23-15(60)4-47(45(74)75,86-37(23)26(64)17(62)6-52)78-11-22-30(68)36(25(51-14(3)59)42(82-22)85-39-28(66)19(8-54)80-43(33(39)71)83-35-21(10-56)79-41(73)32(70)31(35)69)84-44-34(72)40(29(67)20(9-55)81-44)88-48(46(76)77)5-16(61)24(50-13(2)58)38(87-48)27(65)18(63)7-53/h15-44,52-56,60-73H,4-11H2,1-3H3,(H,49,57)(H,50,58)(H,51,59)(H,74,75)(H,76,77)/t15-,16-,17+,18+,19+,20+,21+,22+,23+,24+,25+,26+,27+,28-,29-,30+,31+,32+,33+,34+,35-,36+,37+,38+,39-,40-,41?,42-,43-,44-,47+,48-/m0/s1. The van der Waals surface area contributed by atoms with Gasteiger partial charge < -0.3 is 175 Å². The molecule has 1 unspecified atom stereocenters. The van der Waals surface area contributed by atoms with Crippen LogP contribution in [0.3, 0.4) is 0 Å². The Kier molecular flexibility index (Phi) is 25.6. The van der Waals surface area contributed by atoms with Crippen molar-refractivity contribution in [3.8, 4) is 0 Å². The van der Waals surface area contributed by atoms with Crippen molar-refractivity contribution in [2.75, 3.05) is 39.6 Å². The summed E-state index contributed by atoms with van der Waals surface area (Å²) in [6, 6.07) is -5.63. The molecule has 6 rings (SSSR count). The lowest BCUT2D eigenvalue weighted by atomic mass is 9.88. The van der Waals surface area contributed by atoms with Gasteiger partial charge in [-0.2, -0.15) is 0 Å². The number of carbonyl (C=O) groups is 5. The van der Waals surface area contributed by atoms with Crippen LogP contribution >= 0.6 is 0 Å². The van der Waals surface area contributed by atoms with Crippen LogP contribution in [-0.2, 0) is 76.1 Å². The van der Waals surface area contributed by atoms with Crippen LogP contribution in [-0.4, -0.2) is 372 Å². The molecule has 0 aromatic carbocycles. The number of aliphatic hydroxyl groups is 19. The zero-order valence-corrected chi connectivity index (χ0v) is 46.9. The summed E-state index contributed by atoms with van der Waals surface area (Å²) in [4.78, 5) is 64.1. The third-order valence-corrected chi connectivity index (χ3v) is 15.6. The van der Waals surface area contributed by atoms with Crippen molar-refractivity contribution in [1.82, 2.24) is 16.0 Å². The maximum Gasteiger partial charge on any atom is 0.364 e.